The number of rotatable bonds is 4. The molecule has 5 nitrogen and oxygen atoms in total. The summed E-state index contributed by atoms with van der Waals surface area (Å²) in [6.07, 6.45) is 5.15. The first kappa shape index (κ1) is 24.0. The molecule has 1 aromatic heterocycles. The summed E-state index contributed by atoms with van der Waals surface area (Å²) in [6.45, 7) is 1.88. The third-order valence-corrected chi connectivity index (χ3v) is 8.37. The van der Waals surface area contributed by atoms with E-state index in [1.807, 2.05) is 54.4 Å². The number of carbonyl (C=O) groups is 1. The summed E-state index contributed by atoms with van der Waals surface area (Å²) in [4.78, 5) is 19.7. The molecule has 1 aliphatic carbocycles. The number of hydrogen-bond donors (Lipinski definition) is 0. The first-order chi connectivity index (χ1) is 16.8. The number of aromatic nitrogens is 1. The van der Waals surface area contributed by atoms with Crippen molar-refractivity contribution in [2.24, 2.45) is 11.0 Å². The molecule has 1 amide bonds. The molecule has 2 aromatic carbocycles. The summed E-state index contributed by atoms with van der Waals surface area (Å²) in [7, 11) is 3.51. The van der Waals surface area contributed by atoms with Gasteiger partial charge < -0.3 is 4.90 Å². The van der Waals surface area contributed by atoms with Crippen molar-refractivity contribution in [3.63, 3.8) is 0 Å². The minimum Gasteiger partial charge on any atom is -0.344 e. The van der Waals surface area contributed by atoms with E-state index in [1.54, 1.807) is 19.0 Å². The number of fused-ring (bicyclic) bond motifs is 1. The van der Waals surface area contributed by atoms with Crippen LogP contribution in [-0.4, -0.2) is 35.6 Å². The molecule has 0 bridgehead atoms. The number of benzene rings is 2. The van der Waals surface area contributed by atoms with Gasteiger partial charge in [-0.1, -0.05) is 70.9 Å². The summed E-state index contributed by atoms with van der Waals surface area (Å²) >= 11 is 14.6. The van der Waals surface area contributed by atoms with Crippen LogP contribution >= 0.6 is 34.5 Å². The molecule has 8 heteroatoms. The van der Waals surface area contributed by atoms with Crippen molar-refractivity contribution in [3.05, 3.63) is 85.8 Å². The highest BCUT2D eigenvalue weighted by molar-refractivity contribution is 7.17. The Morgan fingerprint density at radius 2 is 1.83 bits per heavy atom. The predicted molar refractivity (Wildman–Crippen MR) is 146 cm³/mol. The van der Waals surface area contributed by atoms with Crippen molar-refractivity contribution < 1.29 is 4.79 Å². The van der Waals surface area contributed by atoms with Crippen LogP contribution < -0.4 is 5.01 Å². The highest BCUT2D eigenvalue weighted by Gasteiger charge is 2.44. The predicted octanol–water partition coefficient (Wildman–Crippen LogP) is 7.26. The second-order valence-corrected chi connectivity index (χ2v) is 10.9. The van der Waals surface area contributed by atoms with Crippen LogP contribution in [0.5, 0.6) is 0 Å². The number of anilines is 1. The van der Waals surface area contributed by atoms with Crippen molar-refractivity contribution in [3.8, 4) is 0 Å². The fourth-order valence-electron chi connectivity index (χ4n) is 4.84. The Morgan fingerprint density at radius 3 is 2.54 bits per heavy atom. The molecule has 35 heavy (non-hydrogen) atoms. The molecule has 0 spiro atoms. The van der Waals surface area contributed by atoms with Gasteiger partial charge in [0.1, 0.15) is 4.88 Å². The molecule has 0 saturated heterocycles. The molecule has 1 fully saturated rings. The van der Waals surface area contributed by atoms with Crippen LogP contribution in [-0.2, 0) is 0 Å². The molecule has 2 heterocycles. The molecular formula is C27H26Cl2N4OS. The SMILES string of the molecule is Cc1nc(N2N=C3/C(=C\c4ccccc4Cl)CCC[C@H]3[C@H]2c2ccccc2Cl)sc1C(=O)N(C)C. The number of nitrogens with zero attached hydrogens (tertiary/aromatic N) is 4. The van der Waals surface area contributed by atoms with Crippen molar-refractivity contribution in [2.45, 2.75) is 32.2 Å². The van der Waals surface area contributed by atoms with Gasteiger partial charge in [0.05, 0.1) is 17.4 Å². The maximum absolute atomic E-state index is 12.7. The van der Waals surface area contributed by atoms with E-state index in [2.05, 4.69) is 12.1 Å². The minimum absolute atomic E-state index is 0.0517. The minimum atomic E-state index is -0.0958. The summed E-state index contributed by atoms with van der Waals surface area (Å²) in [5.74, 6) is 0.110. The molecule has 2 aliphatic rings. The van der Waals surface area contributed by atoms with Gasteiger partial charge in [-0.3, -0.25) is 4.79 Å². The molecule has 1 saturated carbocycles. The number of halogens is 2. The highest BCUT2D eigenvalue weighted by Crippen LogP contribution is 2.48. The number of hydrogen-bond acceptors (Lipinski definition) is 5. The number of carbonyl (C=O) groups excluding carboxylic acids is 1. The summed E-state index contributed by atoms with van der Waals surface area (Å²) in [5.41, 5.74) is 4.96. The lowest BCUT2D eigenvalue weighted by atomic mass is 9.77. The lowest BCUT2D eigenvalue weighted by Gasteiger charge is -2.30. The standard InChI is InChI=1S/C27H26Cl2N4OS/c1-16-25(26(34)32(2)3)35-27(30-16)33-24(19-11-5-7-14-22(19)29)20-12-8-10-18(23(20)31-33)15-17-9-4-6-13-21(17)28/h4-7,9,11,13-15,20,24H,8,10,12H2,1-3H3/b18-15-/t20-,24-/m1/s1. The first-order valence-electron chi connectivity index (χ1n) is 11.6. The topological polar surface area (TPSA) is 48.8 Å². The van der Waals surface area contributed by atoms with Crippen molar-refractivity contribution in [1.82, 2.24) is 9.88 Å². The van der Waals surface area contributed by atoms with Gasteiger partial charge in [-0.2, -0.15) is 5.10 Å². The van der Waals surface area contributed by atoms with Gasteiger partial charge in [-0.05, 0) is 61.1 Å². The van der Waals surface area contributed by atoms with Gasteiger partial charge in [-0.25, -0.2) is 9.99 Å². The monoisotopic (exact) mass is 524 g/mol. The van der Waals surface area contributed by atoms with Gasteiger partial charge in [0, 0.05) is 30.1 Å². The molecule has 1 aliphatic heterocycles. The fraction of sp³-hybridized carbons (Fsp3) is 0.296. The highest BCUT2D eigenvalue weighted by atomic mass is 35.5. The van der Waals surface area contributed by atoms with Crippen molar-refractivity contribution in [2.75, 3.05) is 19.1 Å². The van der Waals surface area contributed by atoms with Crippen LogP contribution in [0.25, 0.3) is 6.08 Å². The van der Waals surface area contributed by atoms with Crippen LogP contribution in [0.1, 0.15) is 51.8 Å². The molecule has 0 N–H and O–H groups in total. The summed E-state index contributed by atoms with van der Waals surface area (Å²) < 4.78 is 0. The summed E-state index contributed by atoms with van der Waals surface area (Å²) in [6, 6.07) is 15.7. The Bertz CT molecular complexity index is 1350. The third kappa shape index (κ3) is 4.51. The Kier molecular flexibility index (Phi) is 6.71. The number of allylic oxidation sites excluding steroid dienone is 1. The molecular weight excluding hydrogens is 499 g/mol. The van der Waals surface area contributed by atoms with Gasteiger partial charge in [0.15, 0.2) is 0 Å². The molecule has 5 rings (SSSR count). The summed E-state index contributed by atoms with van der Waals surface area (Å²) in [5, 5.41) is 9.27. The molecule has 180 valence electrons. The van der Waals surface area contributed by atoms with Crippen LogP contribution in [0, 0.1) is 12.8 Å². The average Bonchev–Trinajstić information content (AvgIpc) is 3.41. The van der Waals surface area contributed by atoms with Gasteiger partial charge in [0.25, 0.3) is 5.91 Å². The zero-order valence-corrected chi connectivity index (χ0v) is 22.2. The molecule has 3 aromatic rings. The Hall–Kier alpha value is -2.67. The van der Waals surface area contributed by atoms with Crippen LogP contribution in [0.4, 0.5) is 5.13 Å². The maximum atomic E-state index is 12.7. The van der Waals surface area contributed by atoms with E-state index in [-0.39, 0.29) is 17.9 Å². The Morgan fingerprint density at radius 1 is 1.11 bits per heavy atom. The molecule has 0 unspecified atom stereocenters. The number of thiazole rings is 1. The van der Waals surface area contributed by atoms with E-state index >= 15 is 0 Å². The van der Waals surface area contributed by atoms with Crippen LogP contribution in [0.3, 0.4) is 0 Å². The zero-order valence-electron chi connectivity index (χ0n) is 19.8. The fourth-order valence-corrected chi connectivity index (χ4v) is 6.36. The Labute approximate surface area is 219 Å². The average molecular weight is 526 g/mol. The third-order valence-electron chi connectivity index (χ3n) is 6.54. The van der Waals surface area contributed by atoms with Crippen LogP contribution in [0.2, 0.25) is 10.0 Å². The van der Waals surface area contributed by atoms with Gasteiger partial charge in [-0.15, -0.1) is 0 Å². The second-order valence-electron chi connectivity index (χ2n) is 9.10. The lowest BCUT2D eigenvalue weighted by Crippen LogP contribution is -2.28. The second kappa shape index (κ2) is 9.76. The van der Waals surface area contributed by atoms with E-state index in [1.165, 1.54) is 16.9 Å². The normalized spacial score (nSPS) is 20.7. The van der Waals surface area contributed by atoms with Gasteiger partial charge in [0.2, 0.25) is 5.13 Å². The largest absolute Gasteiger partial charge is 0.344 e. The number of aryl methyl sites for hydroxylation is 1. The van der Waals surface area contributed by atoms with E-state index < -0.39 is 0 Å². The van der Waals surface area contributed by atoms with E-state index in [0.29, 0.717) is 20.7 Å². The van der Waals surface area contributed by atoms with Crippen molar-refractivity contribution >= 4 is 57.4 Å². The number of amides is 1. The van der Waals surface area contributed by atoms with E-state index in [9.17, 15) is 4.79 Å². The molecule has 2 atom stereocenters. The lowest BCUT2D eigenvalue weighted by molar-refractivity contribution is 0.0831. The number of hydrazone groups is 1. The maximum Gasteiger partial charge on any atom is 0.265 e. The smallest absolute Gasteiger partial charge is 0.265 e. The zero-order chi connectivity index (χ0) is 24.7. The van der Waals surface area contributed by atoms with Gasteiger partial charge >= 0.3 is 0 Å². The van der Waals surface area contributed by atoms with E-state index in [4.69, 9.17) is 33.3 Å². The van der Waals surface area contributed by atoms with Crippen LogP contribution in [0.15, 0.2) is 59.2 Å². The van der Waals surface area contributed by atoms with Crippen molar-refractivity contribution in [1.29, 1.82) is 0 Å². The molecule has 0 radical (unpaired) electrons. The Balaban J connectivity index is 1.63. The quantitative estimate of drug-likeness (QED) is 0.360. The van der Waals surface area contributed by atoms with E-state index in [0.717, 1.165) is 41.1 Å². The first-order valence-corrected chi connectivity index (χ1v) is 13.2.